The Morgan fingerprint density at radius 2 is 1.84 bits per heavy atom. The summed E-state index contributed by atoms with van der Waals surface area (Å²) in [4.78, 5) is 27.8. The summed E-state index contributed by atoms with van der Waals surface area (Å²) < 4.78 is 42.1. The molecule has 4 aromatic rings. The minimum atomic E-state index is -4.72. The third kappa shape index (κ3) is 4.29. The summed E-state index contributed by atoms with van der Waals surface area (Å²) in [7, 11) is 0. The van der Waals surface area contributed by atoms with E-state index in [4.69, 9.17) is 11.6 Å². The predicted molar refractivity (Wildman–Crippen MR) is 113 cm³/mol. The summed E-state index contributed by atoms with van der Waals surface area (Å²) >= 11 is 5.27. The molecule has 2 aromatic carbocycles. The van der Waals surface area contributed by atoms with Gasteiger partial charge in [0.15, 0.2) is 11.3 Å². The Hall–Kier alpha value is -3.46. The maximum absolute atomic E-state index is 13.8. The number of nitrogens with zero attached hydrogens (tertiary/aromatic N) is 3. The van der Waals surface area contributed by atoms with E-state index in [-0.39, 0.29) is 29.9 Å². The molecule has 0 aliphatic carbocycles. The molecule has 6 nitrogen and oxygen atoms in total. The van der Waals surface area contributed by atoms with Crippen molar-refractivity contribution in [1.82, 2.24) is 19.9 Å². The van der Waals surface area contributed by atoms with Crippen LogP contribution in [0.4, 0.5) is 13.2 Å². The molecule has 4 rings (SSSR count). The molecule has 32 heavy (non-hydrogen) atoms. The maximum atomic E-state index is 13.8. The van der Waals surface area contributed by atoms with Gasteiger partial charge in [0.05, 0.1) is 11.9 Å². The van der Waals surface area contributed by atoms with Crippen LogP contribution in [0.2, 0.25) is 0 Å². The Balaban J connectivity index is 1.82. The molecule has 0 unspecified atom stereocenters. The second-order valence-electron chi connectivity index (χ2n) is 7.06. The largest absolute Gasteiger partial charge is 0.433 e. The number of hydrogen-bond donors (Lipinski definition) is 1. The fourth-order valence-electron chi connectivity index (χ4n) is 3.44. The van der Waals surface area contributed by atoms with Crippen molar-refractivity contribution in [2.75, 3.05) is 6.54 Å². The molecule has 0 bridgehead atoms. The number of carbonyl (C=O) groups is 2. The van der Waals surface area contributed by atoms with E-state index in [1.807, 2.05) is 18.2 Å². The third-order valence-corrected chi connectivity index (χ3v) is 5.10. The number of hydrogen-bond acceptors (Lipinski definition) is 4. The molecule has 0 saturated heterocycles. The SMILES string of the molecule is O=C(Cl)CCCNC(=O)c1cnn2c(C(F)(F)F)cc(-c3cccc4ccccc34)nc12. The van der Waals surface area contributed by atoms with Gasteiger partial charge in [-0.25, -0.2) is 9.50 Å². The van der Waals surface area contributed by atoms with Gasteiger partial charge in [-0.1, -0.05) is 42.5 Å². The van der Waals surface area contributed by atoms with Crippen LogP contribution >= 0.6 is 11.6 Å². The number of rotatable bonds is 6. The summed E-state index contributed by atoms with van der Waals surface area (Å²) in [5.41, 5.74) is -0.783. The topological polar surface area (TPSA) is 76.4 Å². The fourth-order valence-corrected chi connectivity index (χ4v) is 3.57. The molecule has 0 saturated carbocycles. The van der Waals surface area contributed by atoms with E-state index in [2.05, 4.69) is 15.4 Å². The first kappa shape index (κ1) is 21.8. The number of halogens is 4. The quantitative estimate of drug-likeness (QED) is 0.330. The minimum absolute atomic E-state index is 0.0678. The van der Waals surface area contributed by atoms with Gasteiger partial charge in [0.25, 0.3) is 5.91 Å². The van der Waals surface area contributed by atoms with Crippen LogP contribution in [0.3, 0.4) is 0 Å². The molecule has 0 spiro atoms. The molecule has 1 amide bonds. The van der Waals surface area contributed by atoms with Gasteiger partial charge in [-0.15, -0.1) is 0 Å². The predicted octanol–water partition coefficient (Wildman–Crippen LogP) is 4.84. The van der Waals surface area contributed by atoms with Crippen molar-refractivity contribution in [1.29, 1.82) is 0 Å². The van der Waals surface area contributed by atoms with Crippen LogP contribution in [0.5, 0.6) is 0 Å². The van der Waals surface area contributed by atoms with Crippen LogP contribution in [-0.4, -0.2) is 32.3 Å². The smallest absolute Gasteiger partial charge is 0.352 e. The first-order chi connectivity index (χ1) is 15.3. The normalized spacial score (nSPS) is 11.8. The second kappa shape index (κ2) is 8.58. The summed E-state index contributed by atoms with van der Waals surface area (Å²) in [6.45, 7) is 0.129. The number of carbonyl (C=O) groups excluding carboxylic acids is 2. The molecule has 2 aromatic heterocycles. The van der Waals surface area contributed by atoms with E-state index in [1.165, 1.54) is 0 Å². The lowest BCUT2D eigenvalue weighted by molar-refractivity contribution is -0.142. The van der Waals surface area contributed by atoms with E-state index in [0.29, 0.717) is 16.5 Å². The van der Waals surface area contributed by atoms with Gasteiger partial charge >= 0.3 is 6.18 Å². The van der Waals surface area contributed by atoms with Gasteiger partial charge in [0, 0.05) is 18.5 Å². The first-order valence-electron chi connectivity index (χ1n) is 9.66. The first-order valence-corrected chi connectivity index (χ1v) is 10.0. The Morgan fingerprint density at radius 3 is 2.59 bits per heavy atom. The Kier molecular flexibility index (Phi) is 5.84. The van der Waals surface area contributed by atoms with E-state index in [9.17, 15) is 22.8 Å². The summed E-state index contributed by atoms with van der Waals surface area (Å²) in [6.07, 6.45) is -3.30. The van der Waals surface area contributed by atoms with Crippen molar-refractivity contribution in [3.05, 3.63) is 66.0 Å². The van der Waals surface area contributed by atoms with Crippen LogP contribution in [0.25, 0.3) is 27.7 Å². The lowest BCUT2D eigenvalue weighted by atomic mass is 10.0. The zero-order valence-electron chi connectivity index (χ0n) is 16.5. The van der Waals surface area contributed by atoms with Crippen LogP contribution in [-0.2, 0) is 11.0 Å². The zero-order valence-corrected chi connectivity index (χ0v) is 17.2. The molecule has 0 aliphatic rings. The van der Waals surface area contributed by atoms with Crippen molar-refractivity contribution in [2.24, 2.45) is 0 Å². The highest BCUT2D eigenvalue weighted by molar-refractivity contribution is 6.63. The molecule has 0 radical (unpaired) electrons. The average Bonchev–Trinajstić information content (AvgIpc) is 3.18. The van der Waals surface area contributed by atoms with Gasteiger partial charge in [-0.05, 0) is 34.9 Å². The lowest BCUT2D eigenvalue weighted by Crippen LogP contribution is -2.25. The molecule has 1 N–H and O–H groups in total. The molecule has 164 valence electrons. The lowest BCUT2D eigenvalue weighted by Gasteiger charge is -2.13. The average molecular weight is 461 g/mol. The van der Waals surface area contributed by atoms with Gasteiger partial charge < -0.3 is 5.32 Å². The highest BCUT2D eigenvalue weighted by atomic mass is 35.5. The number of alkyl halides is 3. The summed E-state index contributed by atoms with van der Waals surface area (Å²) in [5.74, 6) is -0.641. The second-order valence-corrected chi connectivity index (χ2v) is 7.48. The molecule has 10 heteroatoms. The van der Waals surface area contributed by atoms with Crippen LogP contribution in [0, 0.1) is 0 Å². The molecular weight excluding hydrogens is 445 g/mol. The Labute approximate surface area is 185 Å². The maximum Gasteiger partial charge on any atom is 0.433 e. The van der Waals surface area contributed by atoms with E-state index < -0.39 is 23.0 Å². The van der Waals surface area contributed by atoms with Crippen LogP contribution < -0.4 is 5.32 Å². The van der Waals surface area contributed by atoms with Crippen molar-refractivity contribution >= 4 is 39.2 Å². The Morgan fingerprint density at radius 1 is 1.09 bits per heavy atom. The Bertz CT molecular complexity index is 1330. The van der Waals surface area contributed by atoms with Crippen molar-refractivity contribution in [2.45, 2.75) is 19.0 Å². The van der Waals surface area contributed by atoms with Crippen LogP contribution in [0.1, 0.15) is 28.9 Å². The van der Waals surface area contributed by atoms with Gasteiger partial charge in [-0.2, -0.15) is 18.3 Å². The third-order valence-electron chi connectivity index (χ3n) is 4.91. The fraction of sp³-hybridized carbons (Fsp3) is 0.182. The molecule has 0 fully saturated rings. The van der Waals surface area contributed by atoms with Crippen molar-refractivity contribution in [3.63, 3.8) is 0 Å². The molecule has 0 aliphatic heterocycles. The number of aromatic nitrogens is 3. The molecule has 0 atom stereocenters. The molecular formula is C22H16ClF3N4O2. The monoisotopic (exact) mass is 460 g/mol. The van der Waals surface area contributed by atoms with E-state index >= 15 is 0 Å². The highest BCUT2D eigenvalue weighted by Gasteiger charge is 2.36. The summed E-state index contributed by atoms with van der Waals surface area (Å²) in [6, 6.07) is 13.5. The number of benzene rings is 2. The summed E-state index contributed by atoms with van der Waals surface area (Å²) in [5, 5.41) is 7.36. The zero-order chi connectivity index (χ0) is 22.9. The van der Waals surface area contributed by atoms with Gasteiger partial charge in [-0.3, -0.25) is 9.59 Å². The minimum Gasteiger partial charge on any atom is -0.352 e. The van der Waals surface area contributed by atoms with Crippen molar-refractivity contribution in [3.8, 4) is 11.3 Å². The van der Waals surface area contributed by atoms with Crippen molar-refractivity contribution < 1.29 is 22.8 Å². The van der Waals surface area contributed by atoms with Crippen LogP contribution in [0.15, 0.2) is 54.7 Å². The standard InChI is InChI=1S/C22H16ClF3N4O2/c23-19(31)9-4-10-27-21(32)16-12-28-30-18(22(24,25)26)11-17(29-20(16)30)15-8-3-6-13-5-1-2-7-14(13)15/h1-3,5-8,11-12H,4,9-10H2,(H,27,32). The number of nitrogens with one attached hydrogen (secondary N) is 1. The van der Waals surface area contributed by atoms with Gasteiger partial charge in [0.1, 0.15) is 5.56 Å². The van der Waals surface area contributed by atoms with E-state index in [0.717, 1.165) is 23.0 Å². The highest BCUT2D eigenvalue weighted by Crippen LogP contribution is 2.34. The van der Waals surface area contributed by atoms with E-state index in [1.54, 1.807) is 24.3 Å². The number of amides is 1. The molecule has 2 heterocycles. The number of fused-ring (bicyclic) bond motifs is 2. The van der Waals surface area contributed by atoms with Gasteiger partial charge in [0.2, 0.25) is 5.24 Å².